The van der Waals surface area contributed by atoms with Gasteiger partial charge in [0.2, 0.25) is 5.91 Å². The molecule has 0 bridgehead atoms. The highest BCUT2D eigenvalue weighted by Gasteiger charge is 2.08. The van der Waals surface area contributed by atoms with Crippen LogP contribution < -0.4 is 15.8 Å². The smallest absolute Gasteiger partial charge is 0.224 e. The van der Waals surface area contributed by atoms with Crippen molar-refractivity contribution in [3.63, 3.8) is 0 Å². The van der Waals surface area contributed by atoms with Crippen molar-refractivity contribution in [2.45, 2.75) is 26.2 Å². The summed E-state index contributed by atoms with van der Waals surface area (Å²) >= 11 is 0. The Hall–Kier alpha value is -2.49. The Bertz CT molecular complexity index is 626. The van der Waals surface area contributed by atoms with E-state index >= 15 is 0 Å². The first-order valence-corrected chi connectivity index (χ1v) is 7.55. The summed E-state index contributed by atoms with van der Waals surface area (Å²) in [5, 5.41) is 2.90. The summed E-state index contributed by atoms with van der Waals surface area (Å²) in [6.07, 6.45) is 1.93. The fourth-order valence-corrected chi connectivity index (χ4v) is 2.13. The van der Waals surface area contributed by atoms with Crippen LogP contribution in [0.4, 0.5) is 11.4 Å². The van der Waals surface area contributed by atoms with Gasteiger partial charge in [0.15, 0.2) is 0 Å². The van der Waals surface area contributed by atoms with Gasteiger partial charge in [0.25, 0.3) is 0 Å². The number of aryl methyl sites for hydroxylation is 1. The van der Waals surface area contributed by atoms with Gasteiger partial charge in [0.05, 0.1) is 12.3 Å². The summed E-state index contributed by atoms with van der Waals surface area (Å²) < 4.78 is 5.63. The van der Waals surface area contributed by atoms with Crippen molar-refractivity contribution in [3.8, 4) is 5.75 Å². The third-order valence-electron chi connectivity index (χ3n) is 3.30. The van der Waals surface area contributed by atoms with Gasteiger partial charge in [0.1, 0.15) is 5.75 Å². The maximum atomic E-state index is 12.1. The van der Waals surface area contributed by atoms with E-state index in [9.17, 15) is 4.79 Å². The Morgan fingerprint density at radius 2 is 1.86 bits per heavy atom. The zero-order valence-corrected chi connectivity index (χ0v) is 12.8. The van der Waals surface area contributed by atoms with Crippen LogP contribution in [0.25, 0.3) is 0 Å². The number of hydrogen-bond donors (Lipinski definition) is 2. The van der Waals surface area contributed by atoms with E-state index < -0.39 is 0 Å². The van der Waals surface area contributed by atoms with Gasteiger partial charge in [-0.2, -0.15) is 0 Å². The largest absolute Gasteiger partial charge is 0.491 e. The number of benzene rings is 2. The lowest BCUT2D eigenvalue weighted by Crippen LogP contribution is -2.13. The fourth-order valence-electron chi connectivity index (χ4n) is 2.13. The summed E-state index contributed by atoms with van der Waals surface area (Å²) in [5.41, 5.74) is 8.31. The topological polar surface area (TPSA) is 64.3 Å². The van der Waals surface area contributed by atoms with Crippen LogP contribution in [0.1, 0.15) is 25.3 Å². The number of amides is 1. The van der Waals surface area contributed by atoms with E-state index in [1.165, 1.54) is 0 Å². The lowest BCUT2D eigenvalue weighted by atomic mass is 10.1. The van der Waals surface area contributed by atoms with E-state index in [1.54, 1.807) is 0 Å². The summed E-state index contributed by atoms with van der Waals surface area (Å²) in [5.74, 6) is 0.660. The quantitative estimate of drug-likeness (QED) is 0.767. The normalized spacial score (nSPS) is 10.2. The minimum absolute atomic E-state index is 0.0456. The van der Waals surface area contributed by atoms with Crippen molar-refractivity contribution >= 4 is 17.3 Å². The first-order valence-electron chi connectivity index (χ1n) is 7.55. The van der Waals surface area contributed by atoms with Gasteiger partial charge in [-0.15, -0.1) is 0 Å². The molecule has 2 rings (SSSR count). The summed E-state index contributed by atoms with van der Waals surface area (Å²) in [6, 6.07) is 15.1. The predicted molar refractivity (Wildman–Crippen MR) is 90.0 cm³/mol. The zero-order chi connectivity index (χ0) is 15.8. The number of rotatable bonds is 7. The maximum Gasteiger partial charge on any atom is 0.224 e. The first-order chi connectivity index (χ1) is 10.7. The van der Waals surface area contributed by atoms with Crippen LogP contribution >= 0.6 is 0 Å². The second kappa shape index (κ2) is 8.08. The molecule has 0 radical (unpaired) electrons. The molecule has 0 spiro atoms. The second-order valence-electron chi connectivity index (χ2n) is 5.09. The van der Waals surface area contributed by atoms with Gasteiger partial charge in [-0.3, -0.25) is 4.79 Å². The molecule has 0 unspecified atom stereocenters. The van der Waals surface area contributed by atoms with Gasteiger partial charge in [-0.25, -0.2) is 0 Å². The average Bonchev–Trinajstić information content (AvgIpc) is 2.53. The molecule has 2 aromatic rings. The molecule has 2 aromatic carbocycles. The summed E-state index contributed by atoms with van der Waals surface area (Å²) in [6.45, 7) is 2.68. The van der Waals surface area contributed by atoms with E-state index in [2.05, 4.69) is 5.32 Å². The van der Waals surface area contributed by atoms with Crippen molar-refractivity contribution in [2.75, 3.05) is 17.7 Å². The molecule has 0 saturated carbocycles. The molecule has 1 amide bonds. The first kappa shape index (κ1) is 15.9. The van der Waals surface area contributed by atoms with Crippen molar-refractivity contribution in [2.24, 2.45) is 0 Å². The van der Waals surface area contributed by atoms with Crippen LogP contribution in [0, 0.1) is 0 Å². The predicted octanol–water partition coefficient (Wildman–Crippen LogP) is 3.63. The van der Waals surface area contributed by atoms with Gasteiger partial charge >= 0.3 is 0 Å². The standard InChI is InChI=1S/C18H22N2O2/c1-2-13-22-17-10-6-5-9-16(17)20-18(21)12-11-14-7-3-4-8-15(14)19/h3-10H,2,11-13,19H2,1H3,(H,20,21). The highest BCUT2D eigenvalue weighted by molar-refractivity contribution is 5.92. The Morgan fingerprint density at radius 3 is 2.64 bits per heavy atom. The molecular formula is C18H22N2O2. The fraction of sp³-hybridized carbons (Fsp3) is 0.278. The molecule has 4 nitrogen and oxygen atoms in total. The van der Waals surface area contributed by atoms with E-state index in [0.717, 1.165) is 17.7 Å². The van der Waals surface area contributed by atoms with Crippen LogP contribution in [-0.4, -0.2) is 12.5 Å². The van der Waals surface area contributed by atoms with Crippen LogP contribution in [0.3, 0.4) is 0 Å². The summed E-state index contributed by atoms with van der Waals surface area (Å²) in [4.78, 5) is 12.1. The Morgan fingerprint density at radius 1 is 1.14 bits per heavy atom. The monoisotopic (exact) mass is 298 g/mol. The molecule has 116 valence electrons. The Balaban J connectivity index is 1.93. The lowest BCUT2D eigenvalue weighted by molar-refractivity contribution is -0.116. The van der Waals surface area contributed by atoms with E-state index in [0.29, 0.717) is 30.9 Å². The molecule has 3 N–H and O–H groups in total. The van der Waals surface area contributed by atoms with Gasteiger partial charge in [0, 0.05) is 12.1 Å². The summed E-state index contributed by atoms with van der Waals surface area (Å²) in [7, 11) is 0. The molecular weight excluding hydrogens is 276 g/mol. The molecule has 0 aliphatic rings. The molecule has 0 aliphatic carbocycles. The third kappa shape index (κ3) is 4.52. The number of para-hydroxylation sites is 3. The van der Waals surface area contributed by atoms with Gasteiger partial charge < -0.3 is 15.8 Å². The van der Waals surface area contributed by atoms with Gasteiger partial charge in [-0.1, -0.05) is 37.3 Å². The number of nitrogens with two attached hydrogens (primary N) is 1. The SMILES string of the molecule is CCCOc1ccccc1NC(=O)CCc1ccccc1N. The van der Waals surface area contributed by atoms with Crippen LogP contribution in [-0.2, 0) is 11.2 Å². The number of carbonyl (C=O) groups excluding carboxylic acids is 1. The molecule has 0 aliphatic heterocycles. The molecule has 0 saturated heterocycles. The number of nitrogens with one attached hydrogen (secondary N) is 1. The number of carbonyl (C=O) groups is 1. The zero-order valence-electron chi connectivity index (χ0n) is 12.8. The number of nitrogen functional groups attached to an aromatic ring is 1. The van der Waals surface area contributed by atoms with Crippen LogP contribution in [0.5, 0.6) is 5.75 Å². The minimum atomic E-state index is -0.0456. The van der Waals surface area contributed by atoms with Crippen molar-refractivity contribution in [1.82, 2.24) is 0 Å². The van der Waals surface area contributed by atoms with Crippen LogP contribution in [0.2, 0.25) is 0 Å². The number of hydrogen-bond acceptors (Lipinski definition) is 3. The lowest BCUT2D eigenvalue weighted by Gasteiger charge is -2.12. The van der Waals surface area contributed by atoms with Crippen molar-refractivity contribution in [1.29, 1.82) is 0 Å². The third-order valence-corrected chi connectivity index (χ3v) is 3.30. The molecule has 22 heavy (non-hydrogen) atoms. The van der Waals surface area contributed by atoms with Gasteiger partial charge in [-0.05, 0) is 36.6 Å². The van der Waals surface area contributed by atoms with E-state index in [1.807, 2.05) is 55.5 Å². The Labute approximate surface area is 131 Å². The molecule has 0 heterocycles. The molecule has 4 heteroatoms. The van der Waals surface area contributed by atoms with Crippen molar-refractivity contribution < 1.29 is 9.53 Å². The molecule has 0 atom stereocenters. The molecule has 0 fully saturated rings. The minimum Gasteiger partial charge on any atom is -0.491 e. The highest BCUT2D eigenvalue weighted by Crippen LogP contribution is 2.24. The highest BCUT2D eigenvalue weighted by atomic mass is 16.5. The van der Waals surface area contributed by atoms with E-state index in [4.69, 9.17) is 10.5 Å². The van der Waals surface area contributed by atoms with Crippen molar-refractivity contribution in [3.05, 3.63) is 54.1 Å². The van der Waals surface area contributed by atoms with E-state index in [-0.39, 0.29) is 5.91 Å². The maximum absolute atomic E-state index is 12.1. The second-order valence-corrected chi connectivity index (χ2v) is 5.09. The number of ether oxygens (including phenoxy) is 1. The average molecular weight is 298 g/mol. The number of anilines is 2. The van der Waals surface area contributed by atoms with Crippen LogP contribution in [0.15, 0.2) is 48.5 Å². The molecule has 0 aromatic heterocycles. The Kier molecular flexibility index (Phi) is 5.83.